The van der Waals surface area contributed by atoms with Gasteiger partial charge in [0.1, 0.15) is 0 Å². The molecule has 0 amide bonds. The van der Waals surface area contributed by atoms with E-state index in [0.717, 1.165) is 5.75 Å². The monoisotopic (exact) mass is 87.0 g/mol. The van der Waals surface area contributed by atoms with E-state index in [2.05, 4.69) is 5.32 Å². The van der Waals surface area contributed by atoms with E-state index in [1.165, 1.54) is 0 Å². The van der Waals surface area contributed by atoms with Crippen LogP contribution in [-0.2, 0) is 0 Å². The normalized spacial score (nSPS) is 24.0. The first-order chi connectivity index (χ1) is 2.50. The third kappa shape index (κ3) is 0.816. The predicted molar refractivity (Wildman–Crippen MR) is 24.2 cm³/mol. The van der Waals surface area contributed by atoms with Crippen molar-refractivity contribution in [3.05, 3.63) is 12.4 Å². The summed E-state index contributed by atoms with van der Waals surface area (Å²) in [4.78, 5) is 0. The molecule has 1 aliphatic heterocycles. The summed E-state index contributed by atoms with van der Waals surface area (Å²) in [6, 6.07) is 0. The zero-order valence-corrected chi connectivity index (χ0v) is 3.59. The molecule has 0 aromatic heterocycles. The van der Waals surface area contributed by atoms with Crippen molar-refractivity contribution in [2.45, 2.75) is 0 Å². The van der Waals surface area contributed by atoms with Crippen molar-refractivity contribution in [3.63, 3.8) is 0 Å². The fourth-order valence-corrected chi connectivity index (χ4v) is 0.722. The van der Waals surface area contributed by atoms with Crippen LogP contribution in [0.2, 0.25) is 0 Å². The summed E-state index contributed by atoms with van der Waals surface area (Å²) in [6.07, 6.45) is 0. The Morgan fingerprint density at radius 1 is 1.80 bits per heavy atom. The van der Waals surface area contributed by atoms with Gasteiger partial charge in [-0.1, -0.05) is 0 Å². The molecule has 0 bridgehead atoms. The van der Waals surface area contributed by atoms with Crippen molar-refractivity contribution in [3.8, 4) is 0 Å². The largest absolute Gasteiger partial charge is 0.298 e. The second-order valence-electron chi connectivity index (χ2n) is 0.822. The second kappa shape index (κ2) is 1.67. The Labute approximate surface area is 36.1 Å². The van der Waals surface area contributed by atoms with Gasteiger partial charge in [-0.3, -0.25) is 5.32 Å². The third-order valence-electron chi connectivity index (χ3n) is 0.449. The van der Waals surface area contributed by atoms with Crippen LogP contribution >= 0.6 is 11.8 Å². The lowest BCUT2D eigenvalue weighted by molar-refractivity contribution is 1.08. The topological polar surface area (TPSA) is 12.0 Å². The first-order valence-corrected chi connectivity index (χ1v) is 2.56. The van der Waals surface area contributed by atoms with E-state index >= 15 is 0 Å². The third-order valence-corrected chi connectivity index (χ3v) is 1.11. The number of rotatable bonds is 0. The van der Waals surface area contributed by atoms with E-state index in [1.807, 2.05) is 12.4 Å². The molecule has 0 aromatic rings. The summed E-state index contributed by atoms with van der Waals surface area (Å²) in [5.41, 5.74) is 0. The van der Waals surface area contributed by atoms with Gasteiger partial charge in [-0.25, -0.2) is 0 Å². The average Bonchev–Trinajstić information content (AvgIpc) is 1.76. The molecule has 1 rings (SSSR count). The molecule has 0 atom stereocenters. The maximum atomic E-state index is 2.94. The molecule has 0 aliphatic carbocycles. The number of hydrogen-bond donors (Lipinski definition) is 1. The van der Waals surface area contributed by atoms with Crippen molar-refractivity contribution in [2.75, 3.05) is 5.75 Å². The lowest BCUT2D eigenvalue weighted by atomic mass is 10.8. The molecule has 0 saturated carbocycles. The molecule has 2 radical (unpaired) electrons. The van der Waals surface area contributed by atoms with Crippen LogP contribution in [0.4, 0.5) is 0 Å². The van der Waals surface area contributed by atoms with Gasteiger partial charge in [-0.05, 0) is 0 Å². The molecule has 1 N–H and O–H groups in total. The molecule has 2 heteroatoms. The number of hydrogen-bond acceptors (Lipinski definition) is 2. The minimum Gasteiger partial charge on any atom is -0.298 e. The van der Waals surface area contributed by atoms with Crippen molar-refractivity contribution in [1.82, 2.24) is 5.32 Å². The molecule has 1 aliphatic rings. The summed E-state index contributed by atoms with van der Waals surface area (Å²) < 4.78 is 0. The molecular formula is C3H5NS. The van der Waals surface area contributed by atoms with E-state index in [4.69, 9.17) is 0 Å². The Morgan fingerprint density at radius 2 is 2.80 bits per heavy atom. The molecule has 28 valence electrons. The number of thioether (sulfide) groups is 1. The van der Waals surface area contributed by atoms with Crippen LogP contribution in [0.1, 0.15) is 0 Å². The van der Waals surface area contributed by atoms with Crippen LogP contribution in [0.15, 0.2) is 0 Å². The van der Waals surface area contributed by atoms with Gasteiger partial charge in [0.05, 0.1) is 5.88 Å². The highest BCUT2D eigenvalue weighted by Gasteiger charge is 1.95. The summed E-state index contributed by atoms with van der Waals surface area (Å²) >= 11 is 1.78. The van der Waals surface area contributed by atoms with Gasteiger partial charge in [-0.15, -0.1) is 11.8 Å². The zero-order valence-electron chi connectivity index (χ0n) is 2.77. The van der Waals surface area contributed by atoms with Crippen molar-refractivity contribution in [2.24, 2.45) is 0 Å². The molecule has 1 heterocycles. The van der Waals surface area contributed by atoms with Crippen molar-refractivity contribution in [1.29, 1.82) is 0 Å². The van der Waals surface area contributed by atoms with Crippen LogP contribution in [0.3, 0.4) is 0 Å². The van der Waals surface area contributed by atoms with Crippen LogP contribution in [0, 0.1) is 12.4 Å². The van der Waals surface area contributed by atoms with E-state index in [0.29, 0.717) is 0 Å². The Kier molecular flexibility index (Phi) is 1.17. The second-order valence-corrected chi connectivity index (χ2v) is 1.72. The van der Waals surface area contributed by atoms with Crippen molar-refractivity contribution < 1.29 is 0 Å². The van der Waals surface area contributed by atoms with Gasteiger partial charge >= 0.3 is 0 Å². The quantitative estimate of drug-likeness (QED) is 0.464. The van der Waals surface area contributed by atoms with Gasteiger partial charge in [-0.2, -0.15) is 0 Å². The highest BCUT2D eigenvalue weighted by Crippen LogP contribution is 2.08. The highest BCUT2D eigenvalue weighted by atomic mass is 32.2. The molecule has 5 heavy (non-hydrogen) atoms. The van der Waals surface area contributed by atoms with E-state index in [9.17, 15) is 0 Å². The standard InChI is InChI=1S/C3H5NS/c1-2-5-3-4-1/h1,3-4H,2H2. The Balaban J connectivity index is 2.08. The van der Waals surface area contributed by atoms with Crippen LogP contribution < -0.4 is 5.32 Å². The van der Waals surface area contributed by atoms with Gasteiger partial charge in [0.15, 0.2) is 0 Å². The molecule has 1 fully saturated rings. The molecule has 0 aromatic carbocycles. The lowest BCUT2D eigenvalue weighted by Crippen LogP contribution is -1.92. The molecule has 1 saturated heterocycles. The molecule has 0 unspecified atom stereocenters. The molecule has 1 nitrogen and oxygen atoms in total. The fraction of sp³-hybridized carbons (Fsp3) is 0.333. The highest BCUT2D eigenvalue weighted by molar-refractivity contribution is 8.01. The predicted octanol–water partition coefficient (Wildman–Crippen LogP) is 0.604. The Morgan fingerprint density at radius 3 is 3.00 bits per heavy atom. The summed E-state index contributed by atoms with van der Waals surface area (Å²) in [6.45, 7) is 2.02. The maximum absolute atomic E-state index is 2.94. The summed E-state index contributed by atoms with van der Waals surface area (Å²) in [7, 11) is 0. The fourth-order valence-electron chi connectivity index (χ4n) is 0.241. The smallest absolute Gasteiger partial charge is 0.0786 e. The van der Waals surface area contributed by atoms with Crippen LogP contribution in [0.25, 0.3) is 0 Å². The van der Waals surface area contributed by atoms with E-state index in [1.54, 1.807) is 11.8 Å². The lowest BCUT2D eigenvalue weighted by Gasteiger charge is -1.72. The Hall–Kier alpha value is 0.310. The average molecular weight is 87.1 g/mol. The van der Waals surface area contributed by atoms with Gasteiger partial charge in [0.2, 0.25) is 0 Å². The first-order valence-electron chi connectivity index (χ1n) is 1.51. The van der Waals surface area contributed by atoms with E-state index in [-0.39, 0.29) is 0 Å². The maximum Gasteiger partial charge on any atom is 0.0786 e. The SMILES string of the molecule is [CH]1CS[CH]N1. The number of nitrogens with one attached hydrogen (secondary N) is 1. The minimum absolute atomic E-state index is 1.12. The summed E-state index contributed by atoms with van der Waals surface area (Å²) in [5, 5.41) is 2.94. The van der Waals surface area contributed by atoms with Gasteiger partial charge in [0, 0.05) is 12.3 Å². The molecular weight excluding hydrogens is 82.1 g/mol. The van der Waals surface area contributed by atoms with Gasteiger partial charge in [0.25, 0.3) is 0 Å². The molecule has 0 spiro atoms. The minimum atomic E-state index is 1.12. The van der Waals surface area contributed by atoms with E-state index < -0.39 is 0 Å². The van der Waals surface area contributed by atoms with Gasteiger partial charge < -0.3 is 0 Å². The Bertz CT molecular complexity index is 18.5. The summed E-state index contributed by atoms with van der Waals surface area (Å²) in [5.74, 6) is 3.10. The van der Waals surface area contributed by atoms with Crippen LogP contribution in [0.5, 0.6) is 0 Å². The van der Waals surface area contributed by atoms with Crippen molar-refractivity contribution >= 4 is 11.8 Å². The van der Waals surface area contributed by atoms with Crippen LogP contribution in [-0.4, -0.2) is 5.75 Å². The zero-order chi connectivity index (χ0) is 3.54. The first kappa shape index (κ1) is 3.50.